The molecule has 1 amide bonds. The van der Waals surface area contributed by atoms with Gasteiger partial charge in [0.25, 0.3) is 0 Å². The molecule has 0 bridgehead atoms. The van der Waals surface area contributed by atoms with Gasteiger partial charge in [-0.2, -0.15) is 0 Å². The highest BCUT2D eigenvalue weighted by Gasteiger charge is 2.23. The van der Waals surface area contributed by atoms with Crippen LogP contribution >= 0.6 is 0 Å². The minimum absolute atomic E-state index is 0.154. The molecular formula is C21H24N2O7. The molecule has 0 fully saturated rings. The first-order valence-electron chi connectivity index (χ1n) is 9.15. The van der Waals surface area contributed by atoms with Gasteiger partial charge in [0.1, 0.15) is 6.04 Å². The lowest BCUT2D eigenvalue weighted by Crippen LogP contribution is -2.36. The van der Waals surface area contributed by atoms with Gasteiger partial charge in [0.15, 0.2) is 11.5 Å². The molecule has 0 heterocycles. The Bertz CT molecular complexity index is 914. The summed E-state index contributed by atoms with van der Waals surface area (Å²) in [5.41, 5.74) is 0.900. The molecule has 30 heavy (non-hydrogen) atoms. The van der Waals surface area contributed by atoms with Crippen LogP contribution in [0.4, 0.5) is 5.69 Å². The van der Waals surface area contributed by atoms with Crippen molar-refractivity contribution in [2.45, 2.75) is 13.0 Å². The molecule has 0 aliphatic heterocycles. The first-order valence-corrected chi connectivity index (χ1v) is 9.15. The molecule has 3 N–H and O–H groups in total. The summed E-state index contributed by atoms with van der Waals surface area (Å²) in [5.74, 6) is -1.59. The second-order valence-electron chi connectivity index (χ2n) is 6.08. The van der Waals surface area contributed by atoms with Crippen molar-refractivity contribution in [3.8, 4) is 11.5 Å². The van der Waals surface area contributed by atoms with Gasteiger partial charge in [-0.05, 0) is 36.8 Å². The first kappa shape index (κ1) is 22.7. The van der Waals surface area contributed by atoms with Crippen molar-refractivity contribution in [3.05, 3.63) is 53.6 Å². The standard InChI is InChI=1S/C21H24N2O7/c1-4-30-20(26)14-7-5-6-8-15(14)23-18(25)12-22-19(21(27)29-3)13-9-10-17(28-2)16(24)11-13/h5-11,19,22,24H,4,12H2,1-3H3,(H,23,25). The number of hydrogen-bond donors (Lipinski definition) is 3. The number of carbonyl (C=O) groups is 3. The number of amides is 1. The Labute approximate surface area is 173 Å². The first-order chi connectivity index (χ1) is 14.4. The molecule has 0 aromatic heterocycles. The maximum Gasteiger partial charge on any atom is 0.340 e. The van der Waals surface area contributed by atoms with Gasteiger partial charge in [-0.15, -0.1) is 0 Å². The van der Waals surface area contributed by atoms with Crippen LogP contribution < -0.4 is 15.4 Å². The number of esters is 2. The molecule has 1 atom stereocenters. The average molecular weight is 416 g/mol. The van der Waals surface area contributed by atoms with E-state index in [1.54, 1.807) is 37.3 Å². The molecule has 0 spiro atoms. The molecule has 160 valence electrons. The van der Waals surface area contributed by atoms with E-state index in [2.05, 4.69) is 10.6 Å². The summed E-state index contributed by atoms with van der Waals surface area (Å²) in [6.45, 7) is 1.63. The highest BCUT2D eigenvalue weighted by molar-refractivity contribution is 6.01. The van der Waals surface area contributed by atoms with Crippen molar-refractivity contribution in [1.82, 2.24) is 5.32 Å². The number of rotatable bonds is 9. The van der Waals surface area contributed by atoms with E-state index in [0.717, 1.165) is 0 Å². The van der Waals surface area contributed by atoms with E-state index in [1.807, 2.05) is 0 Å². The molecule has 0 saturated heterocycles. The third kappa shape index (κ3) is 5.71. The van der Waals surface area contributed by atoms with Crippen molar-refractivity contribution in [3.63, 3.8) is 0 Å². The number of carbonyl (C=O) groups excluding carboxylic acids is 3. The van der Waals surface area contributed by atoms with Crippen LogP contribution in [-0.2, 0) is 19.1 Å². The molecule has 0 radical (unpaired) electrons. The average Bonchev–Trinajstić information content (AvgIpc) is 2.74. The second kappa shape index (κ2) is 10.8. The van der Waals surface area contributed by atoms with Gasteiger partial charge in [-0.1, -0.05) is 18.2 Å². The number of benzene rings is 2. The van der Waals surface area contributed by atoms with Gasteiger partial charge in [0, 0.05) is 0 Å². The Hall–Kier alpha value is -3.59. The van der Waals surface area contributed by atoms with Crippen LogP contribution in [0.15, 0.2) is 42.5 Å². The molecule has 1 unspecified atom stereocenters. The van der Waals surface area contributed by atoms with E-state index in [1.165, 1.54) is 26.4 Å². The van der Waals surface area contributed by atoms with E-state index in [-0.39, 0.29) is 30.2 Å². The molecule has 0 aliphatic carbocycles. The molecule has 2 aromatic carbocycles. The number of hydrogen-bond acceptors (Lipinski definition) is 8. The number of anilines is 1. The normalized spacial score (nSPS) is 11.3. The molecule has 2 aromatic rings. The fourth-order valence-corrected chi connectivity index (χ4v) is 2.71. The number of aromatic hydroxyl groups is 1. The zero-order chi connectivity index (χ0) is 22.1. The summed E-state index contributed by atoms with van der Waals surface area (Å²) in [4.78, 5) is 36.6. The van der Waals surface area contributed by atoms with E-state index in [9.17, 15) is 19.5 Å². The fraction of sp³-hybridized carbons (Fsp3) is 0.286. The third-order valence-corrected chi connectivity index (χ3v) is 4.14. The molecule has 0 aliphatic rings. The number of phenolic OH excluding ortho intramolecular Hbond substituents is 1. The largest absolute Gasteiger partial charge is 0.504 e. The summed E-state index contributed by atoms with van der Waals surface area (Å²) in [5, 5.41) is 15.4. The zero-order valence-electron chi connectivity index (χ0n) is 16.9. The van der Waals surface area contributed by atoms with Crippen LogP contribution in [0.5, 0.6) is 11.5 Å². The van der Waals surface area contributed by atoms with Gasteiger partial charge < -0.3 is 24.6 Å². The van der Waals surface area contributed by atoms with Crippen molar-refractivity contribution in [2.24, 2.45) is 0 Å². The Morgan fingerprint density at radius 3 is 2.47 bits per heavy atom. The summed E-state index contributed by atoms with van der Waals surface area (Å²) in [6, 6.07) is 9.85. The van der Waals surface area contributed by atoms with E-state index < -0.39 is 23.9 Å². The molecule has 0 saturated carbocycles. The van der Waals surface area contributed by atoms with Crippen LogP contribution in [0.2, 0.25) is 0 Å². The minimum Gasteiger partial charge on any atom is -0.504 e. The maximum absolute atomic E-state index is 12.4. The highest BCUT2D eigenvalue weighted by atomic mass is 16.5. The smallest absolute Gasteiger partial charge is 0.340 e. The van der Waals surface area contributed by atoms with E-state index in [4.69, 9.17) is 14.2 Å². The lowest BCUT2D eigenvalue weighted by atomic mass is 10.1. The topological polar surface area (TPSA) is 123 Å². The third-order valence-electron chi connectivity index (χ3n) is 4.14. The van der Waals surface area contributed by atoms with Gasteiger partial charge in [0.05, 0.1) is 38.6 Å². The highest BCUT2D eigenvalue weighted by Crippen LogP contribution is 2.29. The van der Waals surface area contributed by atoms with Crippen LogP contribution in [0.3, 0.4) is 0 Å². The second-order valence-corrected chi connectivity index (χ2v) is 6.08. The maximum atomic E-state index is 12.4. The van der Waals surface area contributed by atoms with Crippen molar-refractivity contribution in [1.29, 1.82) is 0 Å². The zero-order valence-corrected chi connectivity index (χ0v) is 16.9. The number of methoxy groups -OCH3 is 2. The van der Waals surface area contributed by atoms with Crippen molar-refractivity contribution >= 4 is 23.5 Å². The number of phenols is 1. The Kier molecular flexibility index (Phi) is 8.18. The van der Waals surface area contributed by atoms with Gasteiger partial charge >= 0.3 is 11.9 Å². The van der Waals surface area contributed by atoms with Crippen LogP contribution in [0.25, 0.3) is 0 Å². The Morgan fingerprint density at radius 2 is 1.83 bits per heavy atom. The van der Waals surface area contributed by atoms with Crippen molar-refractivity contribution < 1.29 is 33.7 Å². The van der Waals surface area contributed by atoms with E-state index >= 15 is 0 Å². The van der Waals surface area contributed by atoms with Crippen LogP contribution in [-0.4, -0.2) is 50.3 Å². The van der Waals surface area contributed by atoms with Gasteiger partial charge in [-0.3, -0.25) is 10.1 Å². The quantitative estimate of drug-likeness (QED) is 0.531. The summed E-state index contributed by atoms with van der Waals surface area (Å²) < 4.78 is 14.8. The fourth-order valence-electron chi connectivity index (χ4n) is 2.71. The van der Waals surface area contributed by atoms with Crippen LogP contribution in [0.1, 0.15) is 28.9 Å². The predicted molar refractivity (Wildman–Crippen MR) is 108 cm³/mol. The summed E-state index contributed by atoms with van der Waals surface area (Å²) in [6.07, 6.45) is 0. The molecular weight excluding hydrogens is 392 g/mol. The molecule has 9 nitrogen and oxygen atoms in total. The Balaban J connectivity index is 2.11. The van der Waals surface area contributed by atoms with Crippen molar-refractivity contribution in [2.75, 3.05) is 32.7 Å². The summed E-state index contributed by atoms with van der Waals surface area (Å²) in [7, 11) is 2.62. The van der Waals surface area contributed by atoms with E-state index in [0.29, 0.717) is 11.3 Å². The van der Waals surface area contributed by atoms with Gasteiger partial charge in [-0.25, -0.2) is 9.59 Å². The lowest BCUT2D eigenvalue weighted by molar-refractivity contribution is -0.143. The van der Waals surface area contributed by atoms with Crippen LogP contribution in [0, 0.1) is 0 Å². The monoisotopic (exact) mass is 416 g/mol. The number of nitrogens with one attached hydrogen (secondary N) is 2. The predicted octanol–water partition coefficient (Wildman–Crippen LogP) is 2.02. The SMILES string of the molecule is CCOC(=O)c1ccccc1NC(=O)CNC(C(=O)OC)c1ccc(OC)c(O)c1. The molecule has 9 heteroatoms. The Morgan fingerprint density at radius 1 is 1.10 bits per heavy atom. The van der Waals surface area contributed by atoms with Gasteiger partial charge in [0.2, 0.25) is 5.91 Å². The molecule has 2 rings (SSSR count). The lowest BCUT2D eigenvalue weighted by Gasteiger charge is -2.18. The minimum atomic E-state index is -1.00. The number of ether oxygens (including phenoxy) is 3. The summed E-state index contributed by atoms with van der Waals surface area (Å²) >= 11 is 0. The number of para-hydroxylation sites is 1.